The summed E-state index contributed by atoms with van der Waals surface area (Å²) >= 11 is 4.69. The van der Waals surface area contributed by atoms with Crippen LogP contribution in [0.3, 0.4) is 0 Å². The molecule has 5 heteroatoms. The summed E-state index contributed by atoms with van der Waals surface area (Å²) in [5.41, 5.74) is 0.456. The molecule has 0 unspecified atom stereocenters. The summed E-state index contributed by atoms with van der Waals surface area (Å²) < 4.78 is 25.9. The highest BCUT2D eigenvalue weighted by molar-refractivity contribution is 9.10. The lowest BCUT2D eigenvalue weighted by atomic mass is 10.1. The maximum absolute atomic E-state index is 14.2. The average Bonchev–Trinajstić information content (AvgIpc) is 2.66. The standard InChI is InChI=1S/C11H12BrFO2S/c1-11(14-5-6-15-11)7-3-4-8(12)10(16-2)9(7)13/h3-4H,5-6H2,1-2H3. The van der Waals surface area contributed by atoms with Gasteiger partial charge in [0.25, 0.3) is 0 Å². The Morgan fingerprint density at radius 3 is 2.56 bits per heavy atom. The molecular formula is C11H12BrFO2S. The van der Waals surface area contributed by atoms with E-state index in [4.69, 9.17) is 9.47 Å². The normalized spacial score (nSPS) is 19.0. The van der Waals surface area contributed by atoms with Crippen molar-refractivity contribution in [1.82, 2.24) is 0 Å². The van der Waals surface area contributed by atoms with Crippen LogP contribution in [0.2, 0.25) is 0 Å². The first kappa shape index (κ1) is 12.4. The van der Waals surface area contributed by atoms with Gasteiger partial charge in [-0.05, 0) is 41.2 Å². The van der Waals surface area contributed by atoms with Crippen LogP contribution in [0.4, 0.5) is 4.39 Å². The molecule has 0 aromatic heterocycles. The summed E-state index contributed by atoms with van der Waals surface area (Å²) in [5.74, 6) is -1.22. The Hall–Kier alpha value is -0.100. The number of hydrogen-bond donors (Lipinski definition) is 0. The summed E-state index contributed by atoms with van der Waals surface area (Å²) in [7, 11) is 0. The fourth-order valence-electron chi connectivity index (χ4n) is 1.74. The van der Waals surface area contributed by atoms with Crippen LogP contribution in [0.1, 0.15) is 12.5 Å². The second-order valence-corrected chi connectivity index (χ2v) is 5.26. The number of rotatable bonds is 2. The van der Waals surface area contributed by atoms with Gasteiger partial charge in [0.1, 0.15) is 5.82 Å². The predicted octanol–water partition coefficient (Wildman–Crippen LogP) is 3.53. The minimum atomic E-state index is -0.949. The van der Waals surface area contributed by atoms with Crippen molar-refractivity contribution in [3.63, 3.8) is 0 Å². The van der Waals surface area contributed by atoms with E-state index in [0.717, 1.165) is 4.47 Å². The van der Waals surface area contributed by atoms with E-state index in [0.29, 0.717) is 23.7 Å². The molecule has 0 N–H and O–H groups in total. The molecule has 16 heavy (non-hydrogen) atoms. The summed E-state index contributed by atoms with van der Waals surface area (Å²) in [6.07, 6.45) is 1.84. The van der Waals surface area contributed by atoms with Crippen molar-refractivity contribution in [2.45, 2.75) is 17.6 Å². The number of benzene rings is 1. The van der Waals surface area contributed by atoms with Crippen molar-refractivity contribution in [1.29, 1.82) is 0 Å². The zero-order valence-electron chi connectivity index (χ0n) is 9.05. The molecule has 2 nitrogen and oxygen atoms in total. The maximum atomic E-state index is 14.2. The first-order valence-corrected chi connectivity index (χ1v) is 6.90. The predicted molar refractivity (Wildman–Crippen MR) is 65.1 cm³/mol. The van der Waals surface area contributed by atoms with Crippen molar-refractivity contribution in [3.05, 3.63) is 28.0 Å². The highest BCUT2D eigenvalue weighted by atomic mass is 79.9. The zero-order chi connectivity index (χ0) is 11.8. The number of halogens is 2. The maximum Gasteiger partial charge on any atom is 0.194 e. The van der Waals surface area contributed by atoms with E-state index in [1.807, 2.05) is 12.3 Å². The molecule has 0 aliphatic carbocycles. The number of hydrogen-bond acceptors (Lipinski definition) is 3. The molecule has 2 rings (SSSR count). The Labute approximate surface area is 107 Å². The molecule has 0 bridgehead atoms. The Morgan fingerprint density at radius 2 is 2.00 bits per heavy atom. The Kier molecular flexibility index (Phi) is 3.59. The van der Waals surface area contributed by atoms with Crippen molar-refractivity contribution in [3.8, 4) is 0 Å². The molecular weight excluding hydrogens is 295 g/mol. The van der Waals surface area contributed by atoms with Crippen molar-refractivity contribution < 1.29 is 13.9 Å². The van der Waals surface area contributed by atoms with E-state index in [1.54, 1.807) is 13.0 Å². The van der Waals surface area contributed by atoms with E-state index < -0.39 is 5.79 Å². The molecule has 0 atom stereocenters. The molecule has 1 saturated heterocycles. The van der Waals surface area contributed by atoms with Crippen LogP contribution < -0.4 is 0 Å². The Balaban J connectivity index is 2.49. The van der Waals surface area contributed by atoms with Gasteiger partial charge in [0.2, 0.25) is 0 Å². The molecule has 0 amide bonds. The average molecular weight is 307 g/mol. The van der Waals surface area contributed by atoms with E-state index in [2.05, 4.69) is 15.9 Å². The van der Waals surface area contributed by atoms with Crippen LogP contribution in [0.15, 0.2) is 21.5 Å². The second kappa shape index (κ2) is 4.64. The van der Waals surface area contributed by atoms with E-state index in [9.17, 15) is 4.39 Å². The van der Waals surface area contributed by atoms with Gasteiger partial charge in [0.05, 0.1) is 18.1 Å². The molecule has 0 spiro atoms. The third-order valence-corrected chi connectivity index (χ3v) is 4.31. The van der Waals surface area contributed by atoms with E-state index in [-0.39, 0.29) is 5.82 Å². The minimum absolute atomic E-state index is 0.272. The minimum Gasteiger partial charge on any atom is -0.344 e. The van der Waals surface area contributed by atoms with Gasteiger partial charge >= 0.3 is 0 Å². The van der Waals surface area contributed by atoms with Crippen molar-refractivity contribution >= 4 is 27.7 Å². The highest BCUT2D eigenvalue weighted by Gasteiger charge is 2.36. The van der Waals surface area contributed by atoms with Gasteiger partial charge in [-0.1, -0.05) is 0 Å². The van der Waals surface area contributed by atoms with Gasteiger partial charge < -0.3 is 9.47 Å². The highest BCUT2D eigenvalue weighted by Crippen LogP contribution is 2.38. The number of ether oxygens (including phenoxy) is 2. The third-order valence-electron chi connectivity index (χ3n) is 2.58. The van der Waals surface area contributed by atoms with Gasteiger partial charge in [-0.3, -0.25) is 0 Å². The summed E-state index contributed by atoms with van der Waals surface area (Å²) in [6.45, 7) is 2.75. The van der Waals surface area contributed by atoms with Gasteiger partial charge in [-0.15, -0.1) is 11.8 Å². The molecule has 0 saturated carbocycles. The largest absolute Gasteiger partial charge is 0.344 e. The lowest BCUT2D eigenvalue weighted by Crippen LogP contribution is -2.24. The van der Waals surface area contributed by atoms with Gasteiger partial charge in [0.15, 0.2) is 5.79 Å². The van der Waals surface area contributed by atoms with Crippen molar-refractivity contribution in [2.24, 2.45) is 0 Å². The summed E-state index contributed by atoms with van der Waals surface area (Å²) in [6, 6.07) is 3.52. The molecule has 1 aliphatic rings. The smallest absolute Gasteiger partial charge is 0.194 e. The van der Waals surface area contributed by atoms with Gasteiger partial charge in [-0.25, -0.2) is 4.39 Å². The van der Waals surface area contributed by atoms with Gasteiger partial charge in [-0.2, -0.15) is 0 Å². The summed E-state index contributed by atoms with van der Waals surface area (Å²) in [5, 5.41) is 0. The fourth-order valence-corrected chi connectivity index (χ4v) is 3.08. The Bertz CT molecular complexity index is 405. The lowest BCUT2D eigenvalue weighted by molar-refractivity contribution is -0.152. The third kappa shape index (κ3) is 2.01. The van der Waals surface area contributed by atoms with E-state index >= 15 is 0 Å². The zero-order valence-corrected chi connectivity index (χ0v) is 11.5. The fraction of sp³-hybridized carbons (Fsp3) is 0.455. The molecule has 1 heterocycles. The van der Waals surface area contributed by atoms with Crippen LogP contribution in [-0.2, 0) is 15.3 Å². The van der Waals surface area contributed by atoms with Gasteiger partial charge in [0, 0.05) is 10.0 Å². The first-order chi connectivity index (χ1) is 7.58. The lowest BCUT2D eigenvalue weighted by Gasteiger charge is -2.24. The van der Waals surface area contributed by atoms with Crippen LogP contribution >= 0.6 is 27.7 Å². The van der Waals surface area contributed by atoms with Crippen LogP contribution in [0.25, 0.3) is 0 Å². The SMILES string of the molecule is CSc1c(Br)ccc(C2(C)OCCO2)c1F. The molecule has 1 fully saturated rings. The van der Waals surface area contributed by atoms with Crippen LogP contribution in [0, 0.1) is 5.82 Å². The van der Waals surface area contributed by atoms with Crippen molar-refractivity contribution in [2.75, 3.05) is 19.5 Å². The monoisotopic (exact) mass is 306 g/mol. The number of thioether (sulfide) groups is 1. The molecule has 0 radical (unpaired) electrons. The molecule has 1 aliphatic heterocycles. The van der Waals surface area contributed by atoms with Crippen LogP contribution in [-0.4, -0.2) is 19.5 Å². The second-order valence-electron chi connectivity index (χ2n) is 3.58. The molecule has 88 valence electrons. The molecule has 1 aromatic rings. The summed E-state index contributed by atoms with van der Waals surface area (Å²) in [4.78, 5) is 0.581. The topological polar surface area (TPSA) is 18.5 Å². The molecule has 1 aromatic carbocycles. The quantitative estimate of drug-likeness (QED) is 0.779. The van der Waals surface area contributed by atoms with E-state index in [1.165, 1.54) is 11.8 Å². The first-order valence-electron chi connectivity index (χ1n) is 4.89. The van der Waals surface area contributed by atoms with Crippen LogP contribution in [0.5, 0.6) is 0 Å². The Morgan fingerprint density at radius 1 is 1.38 bits per heavy atom.